The lowest BCUT2D eigenvalue weighted by Crippen LogP contribution is -2.42. The molecule has 3 N–H and O–H groups in total. The number of rotatable bonds is 8. The lowest BCUT2D eigenvalue weighted by Gasteiger charge is -2.13. The zero-order valence-electron chi connectivity index (χ0n) is 15.6. The van der Waals surface area contributed by atoms with Gasteiger partial charge in [-0.1, -0.05) is 32.0 Å². The second-order valence-electron chi connectivity index (χ2n) is 6.06. The number of nitrogens with two attached hydrogens (primary N) is 1. The number of hydrogen-bond donors (Lipinski definition) is 2. The van der Waals surface area contributed by atoms with Crippen molar-refractivity contribution in [3.63, 3.8) is 0 Å². The van der Waals surface area contributed by atoms with Crippen molar-refractivity contribution in [2.45, 2.75) is 44.8 Å². The quantitative estimate of drug-likeness (QED) is 0.380. The number of Topliss-reactive ketones (excluding diaryl/α,β-unsaturated/α-hetero) is 1. The molecular formula is C17H23N5O4S. The lowest BCUT2D eigenvalue weighted by atomic mass is 10.2. The van der Waals surface area contributed by atoms with Crippen LogP contribution in [-0.4, -0.2) is 30.6 Å². The zero-order valence-corrected chi connectivity index (χ0v) is 16.4. The van der Waals surface area contributed by atoms with Gasteiger partial charge in [-0.05, 0) is 12.8 Å². The van der Waals surface area contributed by atoms with Gasteiger partial charge in [0, 0.05) is 25.4 Å². The summed E-state index contributed by atoms with van der Waals surface area (Å²) < 4.78 is 2.10. The normalized spacial score (nSPS) is 10.9. The SMILES string of the molecule is CCCc1cc(=O)[nH]c(SCC(=O)c2c(N)n(CCC)c(=O)n(C)c2=O)n1. The number of hydrogen-bond acceptors (Lipinski definition) is 7. The summed E-state index contributed by atoms with van der Waals surface area (Å²) in [6.07, 6.45) is 2.12. The molecule has 0 saturated heterocycles. The first kappa shape index (κ1) is 20.7. The first-order valence-electron chi connectivity index (χ1n) is 8.65. The van der Waals surface area contributed by atoms with Gasteiger partial charge >= 0.3 is 5.69 Å². The number of aromatic amines is 1. The monoisotopic (exact) mass is 393 g/mol. The molecule has 0 aliphatic carbocycles. The molecule has 0 aromatic carbocycles. The highest BCUT2D eigenvalue weighted by Gasteiger charge is 2.21. The molecule has 0 unspecified atom stereocenters. The number of nitrogens with one attached hydrogen (secondary N) is 1. The van der Waals surface area contributed by atoms with Crippen LogP contribution in [-0.2, 0) is 20.0 Å². The van der Waals surface area contributed by atoms with Crippen LogP contribution in [0.1, 0.15) is 42.7 Å². The van der Waals surface area contributed by atoms with Crippen molar-refractivity contribution in [3.05, 3.63) is 48.5 Å². The van der Waals surface area contributed by atoms with Crippen LogP contribution in [0.3, 0.4) is 0 Å². The van der Waals surface area contributed by atoms with Gasteiger partial charge in [0.25, 0.3) is 11.1 Å². The number of carbonyl (C=O) groups excluding carboxylic acids is 1. The molecule has 10 heteroatoms. The van der Waals surface area contributed by atoms with E-state index in [1.807, 2.05) is 13.8 Å². The molecule has 0 bridgehead atoms. The van der Waals surface area contributed by atoms with E-state index in [4.69, 9.17) is 5.73 Å². The standard InChI is InChI=1S/C17H23N5O4S/c1-4-6-10-8-12(24)20-16(19-10)27-9-11(23)13-14(18)22(7-5-2)17(26)21(3)15(13)25/h8H,4-7,9,18H2,1-3H3,(H,19,20,24). The Labute approximate surface area is 159 Å². The highest BCUT2D eigenvalue weighted by molar-refractivity contribution is 7.99. The Hall–Kier alpha value is -2.62. The molecule has 146 valence electrons. The summed E-state index contributed by atoms with van der Waals surface area (Å²) in [5.74, 6) is -0.786. The minimum Gasteiger partial charge on any atom is -0.384 e. The van der Waals surface area contributed by atoms with Crippen molar-refractivity contribution in [1.29, 1.82) is 0 Å². The zero-order chi connectivity index (χ0) is 20.1. The predicted molar refractivity (Wildman–Crippen MR) is 105 cm³/mol. The molecule has 0 aliphatic heterocycles. The van der Waals surface area contributed by atoms with Crippen LogP contribution in [0.2, 0.25) is 0 Å². The van der Waals surface area contributed by atoms with Crippen molar-refractivity contribution in [1.82, 2.24) is 19.1 Å². The molecule has 0 spiro atoms. The van der Waals surface area contributed by atoms with E-state index in [-0.39, 0.29) is 22.7 Å². The number of H-pyrrole nitrogens is 1. The number of anilines is 1. The minimum atomic E-state index is -0.725. The lowest BCUT2D eigenvalue weighted by molar-refractivity contribution is 0.102. The number of nitrogen functional groups attached to an aromatic ring is 1. The predicted octanol–water partition coefficient (Wildman–Crippen LogP) is 0.550. The first-order chi connectivity index (χ1) is 12.8. The molecule has 0 fully saturated rings. The first-order valence-corrected chi connectivity index (χ1v) is 9.64. The molecule has 0 amide bonds. The second-order valence-corrected chi connectivity index (χ2v) is 7.03. The van der Waals surface area contributed by atoms with Gasteiger partial charge in [-0.25, -0.2) is 9.78 Å². The Bertz CT molecular complexity index is 1020. The topological polar surface area (TPSA) is 133 Å². The number of nitrogens with zero attached hydrogens (tertiary/aromatic N) is 3. The Balaban J connectivity index is 2.33. The van der Waals surface area contributed by atoms with Crippen molar-refractivity contribution in [2.75, 3.05) is 11.5 Å². The number of carbonyl (C=O) groups is 1. The minimum absolute atomic E-state index is 0.128. The molecule has 0 atom stereocenters. The van der Waals surface area contributed by atoms with E-state index < -0.39 is 17.0 Å². The molecular weight excluding hydrogens is 370 g/mol. The van der Waals surface area contributed by atoms with Crippen molar-refractivity contribution in [2.24, 2.45) is 7.05 Å². The van der Waals surface area contributed by atoms with Crippen LogP contribution in [0, 0.1) is 0 Å². The fourth-order valence-corrected chi connectivity index (χ4v) is 3.39. The Kier molecular flexibility index (Phi) is 6.78. The average Bonchev–Trinajstić information content (AvgIpc) is 2.62. The highest BCUT2D eigenvalue weighted by Crippen LogP contribution is 2.16. The van der Waals surface area contributed by atoms with Crippen LogP contribution in [0.15, 0.2) is 25.6 Å². The highest BCUT2D eigenvalue weighted by atomic mass is 32.2. The Morgan fingerprint density at radius 3 is 2.59 bits per heavy atom. The number of aryl methyl sites for hydroxylation is 1. The maximum absolute atomic E-state index is 12.6. The Morgan fingerprint density at radius 1 is 1.26 bits per heavy atom. The van der Waals surface area contributed by atoms with Gasteiger partial charge in [0.1, 0.15) is 11.4 Å². The van der Waals surface area contributed by atoms with Gasteiger partial charge in [0.05, 0.1) is 5.75 Å². The summed E-state index contributed by atoms with van der Waals surface area (Å²) in [6.45, 7) is 4.14. The number of aromatic nitrogens is 4. The summed E-state index contributed by atoms with van der Waals surface area (Å²) >= 11 is 1.02. The van der Waals surface area contributed by atoms with Crippen LogP contribution in [0.25, 0.3) is 0 Å². The van der Waals surface area contributed by atoms with E-state index in [0.29, 0.717) is 30.2 Å². The third kappa shape index (κ3) is 4.57. The van der Waals surface area contributed by atoms with Gasteiger partial charge in [0.15, 0.2) is 10.9 Å². The van der Waals surface area contributed by atoms with Gasteiger partial charge in [-0.2, -0.15) is 0 Å². The van der Waals surface area contributed by atoms with E-state index in [0.717, 1.165) is 22.7 Å². The summed E-state index contributed by atoms with van der Waals surface area (Å²) in [4.78, 5) is 55.7. The fourth-order valence-electron chi connectivity index (χ4n) is 2.63. The smallest absolute Gasteiger partial charge is 0.332 e. The Morgan fingerprint density at radius 2 is 1.96 bits per heavy atom. The molecule has 2 heterocycles. The number of ketones is 1. The van der Waals surface area contributed by atoms with E-state index in [1.54, 1.807) is 0 Å². The van der Waals surface area contributed by atoms with E-state index in [1.165, 1.54) is 17.7 Å². The third-order valence-corrected chi connectivity index (χ3v) is 4.80. The summed E-state index contributed by atoms with van der Waals surface area (Å²) in [7, 11) is 1.31. The van der Waals surface area contributed by atoms with E-state index in [9.17, 15) is 19.2 Å². The second kappa shape index (κ2) is 8.85. The largest absolute Gasteiger partial charge is 0.384 e. The van der Waals surface area contributed by atoms with Crippen molar-refractivity contribution >= 4 is 23.4 Å². The molecule has 0 aliphatic rings. The van der Waals surface area contributed by atoms with Crippen molar-refractivity contribution in [3.8, 4) is 0 Å². The van der Waals surface area contributed by atoms with E-state index >= 15 is 0 Å². The average molecular weight is 393 g/mol. The van der Waals surface area contributed by atoms with Crippen LogP contribution in [0.4, 0.5) is 5.82 Å². The fraction of sp³-hybridized carbons (Fsp3) is 0.471. The summed E-state index contributed by atoms with van der Waals surface area (Å²) in [5.41, 5.74) is 4.79. The summed E-state index contributed by atoms with van der Waals surface area (Å²) in [5, 5.41) is 0.302. The molecule has 9 nitrogen and oxygen atoms in total. The third-order valence-electron chi connectivity index (χ3n) is 3.93. The van der Waals surface area contributed by atoms with Gasteiger partial charge < -0.3 is 10.7 Å². The van der Waals surface area contributed by atoms with Crippen LogP contribution >= 0.6 is 11.8 Å². The molecule has 2 aromatic heterocycles. The van der Waals surface area contributed by atoms with Crippen molar-refractivity contribution < 1.29 is 4.79 Å². The maximum Gasteiger partial charge on any atom is 0.332 e. The molecule has 27 heavy (non-hydrogen) atoms. The maximum atomic E-state index is 12.6. The van der Waals surface area contributed by atoms with Crippen LogP contribution in [0.5, 0.6) is 0 Å². The molecule has 2 aromatic rings. The molecule has 0 radical (unpaired) electrons. The molecule has 0 saturated carbocycles. The number of thioether (sulfide) groups is 1. The van der Waals surface area contributed by atoms with Gasteiger partial charge in [-0.3, -0.25) is 23.5 Å². The van der Waals surface area contributed by atoms with Gasteiger partial charge in [0.2, 0.25) is 0 Å². The van der Waals surface area contributed by atoms with E-state index in [2.05, 4.69) is 9.97 Å². The summed E-state index contributed by atoms with van der Waals surface area (Å²) in [6, 6.07) is 1.42. The van der Waals surface area contributed by atoms with Gasteiger partial charge in [-0.15, -0.1) is 0 Å². The van der Waals surface area contributed by atoms with Crippen LogP contribution < -0.4 is 22.5 Å². The molecule has 2 rings (SSSR count).